The molecule has 0 saturated carbocycles. The lowest BCUT2D eigenvalue weighted by molar-refractivity contribution is 0.350. The third-order valence-corrected chi connectivity index (χ3v) is 3.57. The second-order valence-electron chi connectivity index (χ2n) is 3.86. The Morgan fingerprint density at radius 1 is 1.11 bits per heavy atom. The summed E-state index contributed by atoms with van der Waals surface area (Å²) >= 11 is 1.67. The molecule has 0 aliphatic rings. The van der Waals surface area contributed by atoms with Crippen molar-refractivity contribution < 1.29 is 9.50 Å². The maximum Gasteiger partial charge on any atom is 0.124 e. The lowest BCUT2D eigenvalue weighted by atomic mass is 10.1. The summed E-state index contributed by atoms with van der Waals surface area (Å²) in [6.45, 7) is -0.220. The van der Waals surface area contributed by atoms with Crippen molar-refractivity contribution in [3.8, 4) is 11.8 Å². The maximum atomic E-state index is 13.2. The molecule has 0 saturated heterocycles. The van der Waals surface area contributed by atoms with Crippen molar-refractivity contribution in [3.05, 3.63) is 65.5 Å². The van der Waals surface area contributed by atoms with Gasteiger partial charge in [0.15, 0.2) is 0 Å². The van der Waals surface area contributed by atoms with Gasteiger partial charge in [0, 0.05) is 16.2 Å². The molecule has 0 unspecified atom stereocenters. The van der Waals surface area contributed by atoms with Crippen molar-refractivity contribution >= 4 is 11.8 Å². The molecule has 2 aromatic carbocycles. The summed E-state index contributed by atoms with van der Waals surface area (Å²) in [5.41, 5.74) is 1.61. The van der Waals surface area contributed by atoms with Crippen LogP contribution < -0.4 is 0 Å². The zero-order valence-electron chi connectivity index (χ0n) is 10.3. The first-order chi connectivity index (χ1) is 9.29. The normalized spacial score (nSPS) is 9.79. The number of aliphatic hydroxyl groups is 1. The number of hydrogen-bond acceptors (Lipinski definition) is 2. The molecule has 19 heavy (non-hydrogen) atoms. The molecule has 2 rings (SSSR count). The zero-order valence-corrected chi connectivity index (χ0v) is 11.1. The van der Waals surface area contributed by atoms with Crippen LogP contribution in [0.4, 0.5) is 4.39 Å². The van der Waals surface area contributed by atoms with Crippen LogP contribution in [0.2, 0.25) is 0 Å². The Morgan fingerprint density at radius 2 is 1.89 bits per heavy atom. The van der Waals surface area contributed by atoms with Crippen LogP contribution in [-0.4, -0.2) is 11.7 Å². The highest BCUT2D eigenvalue weighted by Gasteiger charge is 2.03. The molecular formula is C16H13FOS. The second-order valence-corrected chi connectivity index (χ2v) is 4.91. The van der Waals surface area contributed by atoms with Gasteiger partial charge in [-0.2, -0.15) is 0 Å². The van der Waals surface area contributed by atoms with Gasteiger partial charge in [-0.1, -0.05) is 36.1 Å². The monoisotopic (exact) mass is 272 g/mol. The van der Waals surface area contributed by atoms with Crippen LogP contribution in [0.15, 0.2) is 53.4 Å². The van der Waals surface area contributed by atoms with Gasteiger partial charge in [-0.3, -0.25) is 0 Å². The molecule has 2 aromatic rings. The highest BCUT2D eigenvalue weighted by molar-refractivity contribution is 7.98. The highest BCUT2D eigenvalue weighted by atomic mass is 32.2. The fourth-order valence-corrected chi connectivity index (χ4v) is 2.53. The predicted octanol–water partition coefficient (Wildman–Crippen LogP) is 3.46. The van der Waals surface area contributed by atoms with Crippen LogP contribution in [0.25, 0.3) is 0 Å². The van der Waals surface area contributed by atoms with Crippen LogP contribution in [0.1, 0.15) is 11.1 Å². The lowest BCUT2D eigenvalue weighted by Gasteiger charge is -2.05. The highest BCUT2D eigenvalue weighted by Crippen LogP contribution is 2.24. The van der Waals surface area contributed by atoms with E-state index in [1.165, 1.54) is 12.1 Å². The van der Waals surface area contributed by atoms with Crippen LogP contribution >= 0.6 is 11.8 Å². The first-order valence-electron chi connectivity index (χ1n) is 5.85. The van der Waals surface area contributed by atoms with Gasteiger partial charge in [0.1, 0.15) is 12.4 Å². The molecular weight excluding hydrogens is 259 g/mol. The average Bonchev–Trinajstić information content (AvgIpc) is 2.45. The third kappa shape index (κ3) is 4.13. The first kappa shape index (κ1) is 13.7. The molecule has 0 radical (unpaired) electrons. The number of rotatable bonds is 3. The molecule has 0 heterocycles. The topological polar surface area (TPSA) is 20.2 Å². The molecule has 3 heteroatoms. The van der Waals surface area contributed by atoms with E-state index in [-0.39, 0.29) is 12.4 Å². The Balaban J connectivity index is 2.15. The van der Waals surface area contributed by atoms with Crippen molar-refractivity contribution in [3.63, 3.8) is 0 Å². The van der Waals surface area contributed by atoms with Crippen molar-refractivity contribution in [2.75, 3.05) is 6.61 Å². The standard InChI is InChI=1S/C16H13FOS/c17-15-9-8-14(13(11-15)5-4-10-18)12-19-16-6-2-1-3-7-16/h1-3,6-9,11,18H,10,12H2. The van der Waals surface area contributed by atoms with Gasteiger partial charge in [-0.15, -0.1) is 11.8 Å². The summed E-state index contributed by atoms with van der Waals surface area (Å²) in [4.78, 5) is 1.16. The largest absolute Gasteiger partial charge is 0.384 e. The number of thioether (sulfide) groups is 1. The number of aliphatic hydroxyl groups excluding tert-OH is 1. The Kier molecular flexibility index (Phi) is 5.02. The van der Waals surface area contributed by atoms with Crippen molar-refractivity contribution in [1.82, 2.24) is 0 Å². The first-order valence-corrected chi connectivity index (χ1v) is 6.84. The second kappa shape index (κ2) is 6.98. The van der Waals surface area contributed by atoms with Crippen LogP contribution in [0, 0.1) is 17.7 Å². The van der Waals surface area contributed by atoms with E-state index >= 15 is 0 Å². The van der Waals surface area contributed by atoms with E-state index in [0.717, 1.165) is 16.2 Å². The van der Waals surface area contributed by atoms with E-state index in [9.17, 15) is 4.39 Å². The van der Waals surface area contributed by atoms with Crippen molar-refractivity contribution in [2.45, 2.75) is 10.6 Å². The molecule has 0 aliphatic heterocycles. The van der Waals surface area contributed by atoms with Crippen molar-refractivity contribution in [1.29, 1.82) is 0 Å². The summed E-state index contributed by atoms with van der Waals surface area (Å²) in [5, 5.41) is 8.72. The minimum Gasteiger partial charge on any atom is -0.384 e. The van der Waals surface area contributed by atoms with Gasteiger partial charge in [-0.25, -0.2) is 4.39 Å². The van der Waals surface area contributed by atoms with Crippen LogP contribution in [0.5, 0.6) is 0 Å². The average molecular weight is 272 g/mol. The molecule has 0 fully saturated rings. The van der Waals surface area contributed by atoms with Crippen molar-refractivity contribution in [2.24, 2.45) is 0 Å². The summed E-state index contributed by atoms with van der Waals surface area (Å²) in [7, 11) is 0. The lowest BCUT2D eigenvalue weighted by Crippen LogP contribution is -1.90. The molecule has 0 amide bonds. The van der Waals surface area contributed by atoms with Crippen LogP contribution in [0.3, 0.4) is 0 Å². The SMILES string of the molecule is OCC#Cc1cc(F)ccc1CSc1ccccc1. The molecule has 0 aromatic heterocycles. The van der Waals surface area contributed by atoms with Gasteiger partial charge < -0.3 is 5.11 Å². The smallest absolute Gasteiger partial charge is 0.124 e. The van der Waals surface area contributed by atoms with E-state index in [4.69, 9.17) is 5.11 Å². The fraction of sp³-hybridized carbons (Fsp3) is 0.125. The summed E-state index contributed by atoms with van der Waals surface area (Å²) in [5.74, 6) is 5.76. The molecule has 96 valence electrons. The van der Waals surface area contributed by atoms with Gasteiger partial charge in [-0.05, 0) is 29.8 Å². The Morgan fingerprint density at radius 3 is 2.63 bits per heavy atom. The molecule has 0 bridgehead atoms. The fourth-order valence-electron chi connectivity index (χ4n) is 1.60. The number of halogens is 1. The molecule has 1 N–H and O–H groups in total. The molecule has 0 spiro atoms. The van der Waals surface area contributed by atoms with E-state index in [2.05, 4.69) is 11.8 Å². The summed E-state index contributed by atoms with van der Waals surface area (Å²) in [6, 6.07) is 14.6. The predicted molar refractivity (Wildman–Crippen MR) is 76.4 cm³/mol. The summed E-state index contributed by atoms with van der Waals surface area (Å²) in [6.07, 6.45) is 0. The van der Waals surface area contributed by atoms with E-state index in [1.54, 1.807) is 17.8 Å². The minimum atomic E-state index is -0.310. The van der Waals surface area contributed by atoms with Gasteiger partial charge in [0.2, 0.25) is 0 Å². The quantitative estimate of drug-likeness (QED) is 0.682. The molecule has 0 atom stereocenters. The Bertz CT molecular complexity index is 599. The van der Waals surface area contributed by atoms with Gasteiger partial charge in [0.25, 0.3) is 0 Å². The Hall–Kier alpha value is -1.76. The molecule has 1 nitrogen and oxygen atoms in total. The van der Waals surface area contributed by atoms with Crippen LogP contribution in [-0.2, 0) is 5.75 Å². The Labute approximate surface area is 116 Å². The minimum absolute atomic E-state index is 0.220. The van der Waals surface area contributed by atoms with E-state index in [1.807, 2.05) is 30.3 Å². The summed E-state index contributed by atoms with van der Waals surface area (Å²) < 4.78 is 13.2. The number of benzene rings is 2. The van der Waals surface area contributed by atoms with Gasteiger partial charge in [0.05, 0.1) is 0 Å². The molecule has 0 aliphatic carbocycles. The number of hydrogen-bond donors (Lipinski definition) is 1. The third-order valence-electron chi connectivity index (χ3n) is 2.51. The van der Waals surface area contributed by atoms with Gasteiger partial charge >= 0.3 is 0 Å². The van der Waals surface area contributed by atoms with E-state index < -0.39 is 0 Å². The zero-order chi connectivity index (χ0) is 13.5. The van der Waals surface area contributed by atoms with E-state index in [0.29, 0.717) is 5.56 Å². The maximum absolute atomic E-state index is 13.2.